The van der Waals surface area contributed by atoms with Crippen LogP contribution in [0.25, 0.3) is 0 Å². The molecule has 2 rings (SSSR count). The molecule has 2 unspecified atom stereocenters. The van der Waals surface area contributed by atoms with E-state index in [2.05, 4.69) is 16.2 Å². The third kappa shape index (κ3) is 3.53. The van der Waals surface area contributed by atoms with Crippen LogP contribution < -0.4 is 21.3 Å². The van der Waals surface area contributed by atoms with Crippen molar-refractivity contribution in [3.05, 3.63) is 28.3 Å². The molecular weight excluding hydrogens is 310 g/mol. The molecular formula is C12H19N5O4S. The van der Waals surface area contributed by atoms with Crippen LogP contribution in [0.2, 0.25) is 0 Å². The Balaban J connectivity index is 2.25. The van der Waals surface area contributed by atoms with Gasteiger partial charge in [-0.15, -0.1) is 0 Å². The van der Waals surface area contributed by atoms with E-state index in [9.17, 15) is 18.5 Å². The van der Waals surface area contributed by atoms with Crippen LogP contribution >= 0.6 is 0 Å². The summed E-state index contributed by atoms with van der Waals surface area (Å²) in [6.45, 7) is 4.53. The predicted molar refractivity (Wildman–Crippen MR) is 81.6 cm³/mol. The molecule has 0 radical (unpaired) electrons. The maximum atomic E-state index is 11.6. The maximum absolute atomic E-state index is 11.6. The molecule has 2 atom stereocenters. The zero-order valence-corrected chi connectivity index (χ0v) is 13.1. The predicted octanol–water partition coefficient (Wildman–Crippen LogP) is 0.155. The number of hydrogen-bond acceptors (Lipinski definition) is 7. The number of anilines is 1. The fourth-order valence-corrected chi connectivity index (χ4v) is 3.23. The minimum atomic E-state index is -4.06. The van der Waals surface area contributed by atoms with Crippen LogP contribution in [0.1, 0.15) is 13.8 Å². The van der Waals surface area contributed by atoms with Crippen molar-refractivity contribution >= 4 is 21.4 Å². The number of nitrogens with two attached hydrogens (primary N) is 1. The largest absolute Gasteiger partial charge is 0.384 e. The van der Waals surface area contributed by atoms with Crippen LogP contribution in [0.4, 0.5) is 11.4 Å². The minimum Gasteiger partial charge on any atom is -0.384 e. The zero-order chi connectivity index (χ0) is 16.5. The number of nitrogens with one attached hydrogen (secondary N) is 3. The first-order chi connectivity index (χ1) is 10.2. The second-order valence-electron chi connectivity index (χ2n) is 5.39. The van der Waals surface area contributed by atoms with Crippen LogP contribution in [-0.4, -0.2) is 32.0 Å². The number of rotatable bonds is 5. The van der Waals surface area contributed by atoms with E-state index in [0.717, 1.165) is 6.07 Å². The number of sulfonamides is 1. The molecule has 1 saturated heterocycles. The standard InChI is InChI=1S/C12H19N5O4S/c1-7-10(8(2)16-15-7)6-14-11-4-3-9(17(18)19)5-12(11)22(13,20)21/h3-5,7-8,10,14-16H,6H2,1-2H3,(H2,13,20,21). The summed E-state index contributed by atoms with van der Waals surface area (Å²) in [5.74, 6) is 0.225. The summed E-state index contributed by atoms with van der Waals surface area (Å²) in [6.07, 6.45) is 0. The van der Waals surface area contributed by atoms with Gasteiger partial charge in [0.1, 0.15) is 4.90 Å². The van der Waals surface area contributed by atoms with Crippen LogP contribution in [0.5, 0.6) is 0 Å². The van der Waals surface area contributed by atoms with Gasteiger partial charge in [0.05, 0.1) is 10.6 Å². The lowest BCUT2D eigenvalue weighted by atomic mass is 9.96. The van der Waals surface area contributed by atoms with Gasteiger partial charge in [-0.2, -0.15) is 0 Å². The summed E-state index contributed by atoms with van der Waals surface area (Å²) >= 11 is 0. The maximum Gasteiger partial charge on any atom is 0.270 e. The van der Waals surface area contributed by atoms with Gasteiger partial charge in [-0.25, -0.2) is 13.6 Å². The summed E-state index contributed by atoms with van der Waals surface area (Å²) in [7, 11) is -4.06. The molecule has 1 heterocycles. The number of nitrogens with zero attached hydrogens (tertiary/aromatic N) is 1. The van der Waals surface area contributed by atoms with Gasteiger partial charge in [-0.05, 0) is 19.9 Å². The lowest BCUT2D eigenvalue weighted by Crippen LogP contribution is -2.30. The SMILES string of the molecule is CC1NNC(C)C1CNc1ccc([N+](=O)[O-])cc1S(N)(=O)=O. The van der Waals surface area contributed by atoms with Gasteiger partial charge >= 0.3 is 0 Å². The molecule has 1 fully saturated rings. The normalized spacial score (nSPS) is 25.1. The average molecular weight is 329 g/mol. The molecule has 0 amide bonds. The first-order valence-electron chi connectivity index (χ1n) is 6.76. The number of non-ortho nitro benzene ring substituents is 1. The number of hydrogen-bond donors (Lipinski definition) is 4. The van der Waals surface area contributed by atoms with E-state index >= 15 is 0 Å². The Labute approximate surface area is 128 Å². The summed E-state index contributed by atoms with van der Waals surface area (Å²) < 4.78 is 23.3. The van der Waals surface area contributed by atoms with Gasteiger partial charge in [-0.3, -0.25) is 21.0 Å². The Bertz CT molecular complexity index is 668. The number of hydrazine groups is 1. The number of benzene rings is 1. The van der Waals surface area contributed by atoms with Crippen molar-refractivity contribution in [1.82, 2.24) is 10.9 Å². The van der Waals surface area contributed by atoms with E-state index in [1.807, 2.05) is 13.8 Å². The third-order valence-electron chi connectivity index (χ3n) is 3.83. The highest BCUT2D eigenvalue weighted by Crippen LogP contribution is 2.26. The van der Waals surface area contributed by atoms with Crippen LogP contribution in [0.15, 0.2) is 23.1 Å². The monoisotopic (exact) mass is 329 g/mol. The summed E-state index contributed by atoms with van der Waals surface area (Å²) in [5, 5.41) is 19.0. The Morgan fingerprint density at radius 1 is 1.32 bits per heavy atom. The quantitative estimate of drug-likeness (QED) is 0.445. The van der Waals surface area contributed by atoms with Gasteiger partial charge in [0.25, 0.3) is 5.69 Å². The van der Waals surface area contributed by atoms with Crippen molar-refractivity contribution < 1.29 is 13.3 Å². The zero-order valence-electron chi connectivity index (χ0n) is 12.2. The molecule has 5 N–H and O–H groups in total. The second-order valence-corrected chi connectivity index (χ2v) is 6.92. The Morgan fingerprint density at radius 2 is 1.91 bits per heavy atom. The molecule has 0 bridgehead atoms. The van der Waals surface area contributed by atoms with Crippen molar-refractivity contribution in [2.45, 2.75) is 30.8 Å². The number of primary sulfonamides is 1. The highest BCUT2D eigenvalue weighted by molar-refractivity contribution is 7.89. The van der Waals surface area contributed by atoms with E-state index in [0.29, 0.717) is 6.54 Å². The fourth-order valence-electron chi connectivity index (χ4n) is 2.50. The third-order valence-corrected chi connectivity index (χ3v) is 4.78. The highest BCUT2D eigenvalue weighted by atomic mass is 32.2. The lowest BCUT2D eigenvalue weighted by Gasteiger charge is -2.20. The molecule has 1 aromatic carbocycles. The molecule has 9 nitrogen and oxygen atoms in total. The smallest absolute Gasteiger partial charge is 0.270 e. The molecule has 22 heavy (non-hydrogen) atoms. The molecule has 122 valence electrons. The van der Waals surface area contributed by atoms with Crippen LogP contribution in [0, 0.1) is 16.0 Å². The minimum absolute atomic E-state index is 0.207. The van der Waals surface area contributed by atoms with Crippen molar-refractivity contribution in [1.29, 1.82) is 0 Å². The number of nitro groups is 1. The van der Waals surface area contributed by atoms with E-state index in [4.69, 9.17) is 5.14 Å². The van der Waals surface area contributed by atoms with E-state index in [1.54, 1.807) is 0 Å². The first-order valence-corrected chi connectivity index (χ1v) is 8.31. The van der Waals surface area contributed by atoms with Gasteiger partial charge in [0.15, 0.2) is 0 Å². The Kier molecular flexibility index (Phi) is 4.66. The second kappa shape index (κ2) is 6.16. The summed E-state index contributed by atoms with van der Waals surface area (Å²) in [4.78, 5) is 9.84. The van der Waals surface area contributed by atoms with Crippen molar-refractivity contribution in [2.24, 2.45) is 11.1 Å². The highest BCUT2D eigenvalue weighted by Gasteiger charge is 2.30. The topological polar surface area (TPSA) is 139 Å². The molecule has 0 spiro atoms. The first kappa shape index (κ1) is 16.6. The lowest BCUT2D eigenvalue weighted by molar-refractivity contribution is -0.385. The van der Waals surface area contributed by atoms with E-state index < -0.39 is 14.9 Å². The van der Waals surface area contributed by atoms with E-state index in [-0.39, 0.29) is 34.3 Å². The summed E-state index contributed by atoms with van der Waals surface area (Å²) in [5.41, 5.74) is 6.15. The van der Waals surface area contributed by atoms with Gasteiger partial charge in [0.2, 0.25) is 10.0 Å². The molecule has 0 saturated carbocycles. The average Bonchev–Trinajstić information content (AvgIpc) is 2.74. The summed E-state index contributed by atoms with van der Waals surface area (Å²) in [6, 6.07) is 3.99. The number of nitro benzene ring substituents is 1. The molecule has 10 heteroatoms. The van der Waals surface area contributed by atoms with Crippen molar-refractivity contribution in [2.75, 3.05) is 11.9 Å². The molecule has 1 aliphatic heterocycles. The molecule has 1 aromatic rings. The molecule has 0 aliphatic carbocycles. The fraction of sp³-hybridized carbons (Fsp3) is 0.500. The van der Waals surface area contributed by atoms with Crippen molar-refractivity contribution in [3.63, 3.8) is 0 Å². The van der Waals surface area contributed by atoms with E-state index in [1.165, 1.54) is 12.1 Å². The van der Waals surface area contributed by atoms with Gasteiger partial charge in [0, 0.05) is 36.7 Å². The molecule has 0 aromatic heterocycles. The van der Waals surface area contributed by atoms with Gasteiger partial charge < -0.3 is 5.32 Å². The van der Waals surface area contributed by atoms with Crippen molar-refractivity contribution in [3.8, 4) is 0 Å². The van der Waals surface area contributed by atoms with Crippen LogP contribution in [0.3, 0.4) is 0 Å². The Hall–Kier alpha value is -1.75. The van der Waals surface area contributed by atoms with Gasteiger partial charge in [-0.1, -0.05) is 0 Å². The Morgan fingerprint density at radius 3 is 2.41 bits per heavy atom. The van der Waals surface area contributed by atoms with Crippen LogP contribution in [-0.2, 0) is 10.0 Å². The molecule has 1 aliphatic rings.